The Balaban J connectivity index is 2.01. The van der Waals surface area contributed by atoms with E-state index in [1.165, 1.54) is 16.9 Å². The Labute approximate surface area is 128 Å². The molecule has 0 bridgehead atoms. The van der Waals surface area contributed by atoms with Crippen LogP contribution in [0.5, 0.6) is 5.75 Å². The Hall–Kier alpha value is -1.92. The minimum absolute atomic E-state index is 0.322. The molecule has 0 spiro atoms. The van der Waals surface area contributed by atoms with Crippen molar-refractivity contribution in [2.75, 3.05) is 0 Å². The Morgan fingerprint density at radius 3 is 2.62 bits per heavy atom. The number of benzene rings is 1. The molecule has 2 rings (SSSR count). The third kappa shape index (κ3) is 3.80. The van der Waals surface area contributed by atoms with E-state index in [4.69, 9.17) is 10.6 Å². The molecule has 3 N–H and O–H groups in total. The third-order valence-electron chi connectivity index (χ3n) is 3.09. The molecule has 5 nitrogen and oxygen atoms in total. The summed E-state index contributed by atoms with van der Waals surface area (Å²) in [6, 6.07) is 8.01. The SMILES string of the molecule is Cc1nc(COc2ccc(C(C)C)cc2)sc1C(=O)NN. The second kappa shape index (κ2) is 6.69. The number of hydrogen-bond donors (Lipinski definition) is 2. The zero-order chi connectivity index (χ0) is 15.4. The highest BCUT2D eigenvalue weighted by molar-refractivity contribution is 7.13. The standard InChI is InChI=1S/C15H19N3O2S/c1-9(2)11-4-6-12(7-5-11)20-8-13-17-10(3)14(21-13)15(19)18-16/h4-7,9H,8,16H2,1-3H3,(H,18,19). The number of hydrogen-bond acceptors (Lipinski definition) is 5. The summed E-state index contributed by atoms with van der Waals surface area (Å²) < 4.78 is 5.69. The van der Waals surface area contributed by atoms with Crippen LogP contribution in [-0.2, 0) is 6.61 Å². The van der Waals surface area contributed by atoms with E-state index >= 15 is 0 Å². The maximum atomic E-state index is 11.5. The summed E-state index contributed by atoms with van der Waals surface area (Å²) in [4.78, 5) is 16.4. The minimum atomic E-state index is -0.322. The van der Waals surface area contributed by atoms with Gasteiger partial charge in [0.1, 0.15) is 22.2 Å². The molecule has 0 saturated heterocycles. The zero-order valence-electron chi connectivity index (χ0n) is 12.3. The predicted octanol–water partition coefficient (Wildman–Crippen LogP) is 2.76. The summed E-state index contributed by atoms with van der Waals surface area (Å²) in [5, 5.41) is 0.749. The van der Waals surface area contributed by atoms with E-state index in [9.17, 15) is 4.79 Å². The van der Waals surface area contributed by atoms with E-state index in [-0.39, 0.29) is 5.91 Å². The van der Waals surface area contributed by atoms with Crippen LogP contribution >= 0.6 is 11.3 Å². The van der Waals surface area contributed by atoms with Crippen molar-refractivity contribution >= 4 is 17.2 Å². The van der Waals surface area contributed by atoms with Crippen LogP contribution in [0.2, 0.25) is 0 Å². The Kier molecular flexibility index (Phi) is 4.93. The molecule has 112 valence electrons. The van der Waals surface area contributed by atoms with Crippen LogP contribution in [0.4, 0.5) is 0 Å². The number of rotatable bonds is 5. The average molecular weight is 305 g/mol. The first kappa shape index (κ1) is 15.5. The fourth-order valence-corrected chi connectivity index (χ4v) is 2.77. The van der Waals surface area contributed by atoms with Gasteiger partial charge in [0.2, 0.25) is 0 Å². The summed E-state index contributed by atoms with van der Waals surface area (Å²) in [6.07, 6.45) is 0. The van der Waals surface area contributed by atoms with E-state index in [1.807, 2.05) is 12.1 Å². The van der Waals surface area contributed by atoms with Crippen molar-refractivity contribution in [1.82, 2.24) is 10.4 Å². The number of nitrogen functional groups attached to an aromatic ring is 1. The third-order valence-corrected chi connectivity index (χ3v) is 4.22. The van der Waals surface area contributed by atoms with E-state index in [1.54, 1.807) is 6.92 Å². The van der Waals surface area contributed by atoms with Crippen LogP contribution in [-0.4, -0.2) is 10.9 Å². The lowest BCUT2D eigenvalue weighted by Gasteiger charge is -2.07. The number of ether oxygens (including phenoxy) is 1. The number of carbonyl (C=O) groups excluding carboxylic acids is 1. The molecular formula is C15H19N3O2S. The molecule has 6 heteroatoms. The average Bonchev–Trinajstić information content (AvgIpc) is 2.86. The molecule has 1 aromatic carbocycles. The quantitative estimate of drug-likeness (QED) is 0.506. The summed E-state index contributed by atoms with van der Waals surface area (Å²) >= 11 is 1.29. The molecule has 21 heavy (non-hydrogen) atoms. The number of aryl methyl sites for hydroxylation is 1. The van der Waals surface area contributed by atoms with Gasteiger partial charge in [-0.1, -0.05) is 26.0 Å². The van der Waals surface area contributed by atoms with E-state index in [2.05, 4.69) is 36.4 Å². The van der Waals surface area contributed by atoms with Crippen LogP contribution in [0.3, 0.4) is 0 Å². The summed E-state index contributed by atoms with van der Waals surface area (Å²) in [7, 11) is 0. The number of amides is 1. The largest absolute Gasteiger partial charge is 0.486 e. The number of hydrazine groups is 1. The van der Waals surface area contributed by atoms with Gasteiger partial charge in [-0.3, -0.25) is 10.2 Å². The van der Waals surface area contributed by atoms with Crippen molar-refractivity contribution in [3.05, 3.63) is 45.4 Å². The van der Waals surface area contributed by atoms with Gasteiger partial charge in [0, 0.05) is 0 Å². The smallest absolute Gasteiger partial charge is 0.277 e. The highest BCUT2D eigenvalue weighted by Gasteiger charge is 2.14. The van der Waals surface area contributed by atoms with Gasteiger partial charge in [0.05, 0.1) is 5.69 Å². The zero-order valence-corrected chi connectivity index (χ0v) is 13.2. The summed E-state index contributed by atoms with van der Waals surface area (Å²) in [6.45, 7) is 6.42. The second-order valence-electron chi connectivity index (χ2n) is 5.01. The topological polar surface area (TPSA) is 77.2 Å². The van der Waals surface area contributed by atoms with E-state index in [0.717, 1.165) is 10.8 Å². The van der Waals surface area contributed by atoms with Gasteiger partial charge in [-0.25, -0.2) is 10.8 Å². The van der Waals surface area contributed by atoms with Crippen LogP contribution in [0.25, 0.3) is 0 Å². The molecule has 1 aromatic heterocycles. The highest BCUT2D eigenvalue weighted by Crippen LogP contribution is 2.22. The normalized spacial score (nSPS) is 10.7. The van der Waals surface area contributed by atoms with Gasteiger partial charge < -0.3 is 4.74 Å². The Morgan fingerprint density at radius 2 is 2.05 bits per heavy atom. The van der Waals surface area contributed by atoms with Gasteiger partial charge in [0.25, 0.3) is 5.91 Å². The Bertz CT molecular complexity index is 620. The molecule has 0 aliphatic rings. The van der Waals surface area contributed by atoms with Crippen molar-refractivity contribution in [3.63, 3.8) is 0 Å². The molecule has 2 aromatic rings. The van der Waals surface area contributed by atoms with Gasteiger partial charge in [0.15, 0.2) is 0 Å². The number of aromatic nitrogens is 1. The van der Waals surface area contributed by atoms with Crippen LogP contribution < -0.4 is 16.0 Å². The maximum absolute atomic E-state index is 11.5. The minimum Gasteiger partial charge on any atom is -0.486 e. The van der Waals surface area contributed by atoms with Crippen molar-refractivity contribution in [2.45, 2.75) is 33.3 Å². The first-order chi connectivity index (χ1) is 10.0. The number of nitrogens with one attached hydrogen (secondary N) is 1. The van der Waals surface area contributed by atoms with Gasteiger partial charge in [-0.05, 0) is 30.5 Å². The van der Waals surface area contributed by atoms with Crippen molar-refractivity contribution in [3.8, 4) is 5.75 Å². The van der Waals surface area contributed by atoms with Crippen LogP contribution in [0.1, 0.15) is 45.7 Å². The van der Waals surface area contributed by atoms with E-state index < -0.39 is 0 Å². The lowest BCUT2D eigenvalue weighted by molar-refractivity contribution is 0.0957. The van der Waals surface area contributed by atoms with Crippen LogP contribution in [0.15, 0.2) is 24.3 Å². The summed E-state index contributed by atoms with van der Waals surface area (Å²) in [5.41, 5.74) is 4.05. The molecular weight excluding hydrogens is 286 g/mol. The van der Waals surface area contributed by atoms with Gasteiger partial charge >= 0.3 is 0 Å². The highest BCUT2D eigenvalue weighted by atomic mass is 32.1. The first-order valence-corrected chi connectivity index (χ1v) is 7.53. The van der Waals surface area contributed by atoms with E-state index in [0.29, 0.717) is 23.1 Å². The number of nitrogens with two attached hydrogens (primary N) is 1. The van der Waals surface area contributed by atoms with Gasteiger partial charge in [-0.15, -0.1) is 11.3 Å². The molecule has 0 fully saturated rings. The summed E-state index contributed by atoms with van der Waals surface area (Å²) in [5.74, 6) is 6.10. The van der Waals surface area contributed by atoms with Crippen LogP contribution in [0, 0.1) is 6.92 Å². The second-order valence-corrected chi connectivity index (χ2v) is 6.09. The molecule has 1 heterocycles. The first-order valence-electron chi connectivity index (χ1n) is 6.71. The lowest BCUT2D eigenvalue weighted by atomic mass is 10.0. The van der Waals surface area contributed by atoms with Gasteiger partial charge in [-0.2, -0.15) is 0 Å². The molecule has 0 radical (unpaired) electrons. The molecule has 0 aliphatic carbocycles. The van der Waals surface area contributed by atoms with Crippen molar-refractivity contribution < 1.29 is 9.53 Å². The molecule has 0 saturated carbocycles. The molecule has 1 amide bonds. The molecule has 0 atom stereocenters. The van der Waals surface area contributed by atoms with Crippen molar-refractivity contribution in [1.29, 1.82) is 0 Å². The molecule has 0 unspecified atom stereocenters. The number of nitrogens with zero attached hydrogens (tertiary/aromatic N) is 1. The molecule has 0 aliphatic heterocycles. The fraction of sp³-hybridized carbons (Fsp3) is 0.333. The monoisotopic (exact) mass is 305 g/mol. The van der Waals surface area contributed by atoms with Crippen molar-refractivity contribution in [2.24, 2.45) is 5.84 Å². The Morgan fingerprint density at radius 1 is 1.38 bits per heavy atom. The maximum Gasteiger partial charge on any atom is 0.277 e. The lowest BCUT2D eigenvalue weighted by Crippen LogP contribution is -2.29. The fourth-order valence-electron chi connectivity index (χ4n) is 1.88. The predicted molar refractivity (Wildman–Crippen MR) is 83.4 cm³/mol. The number of carbonyl (C=O) groups is 1. The number of thiazole rings is 1.